The molecule has 0 atom stereocenters. The minimum Gasteiger partial charge on any atom is -0.422 e. The topological polar surface area (TPSA) is 75.1 Å². The third-order valence-corrected chi connectivity index (χ3v) is 6.68. The first-order valence-corrected chi connectivity index (χ1v) is 11.8. The van der Waals surface area contributed by atoms with Crippen molar-refractivity contribution in [2.45, 2.75) is 4.90 Å². The van der Waals surface area contributed by atoms with Crippen molar-refractivity contribution in [1.82, 2.24) is 10.3 Å². The van der Waals surface area contributed by atoms with E-state index in [1.807, 2.05) is 48.5 Å². The minimum atomic E-state index is -0.638. The van der Waals surface area contributed by atoms with Crippen molar-refractivity contribution < 1.29 is 9.21 Å². The van der Waals surface area contributed by atoms with E-state index in [2.05, 4.69) is 16.4 Å². The van der Waals surface area contributed by atoms with Crippen molar-refractivity contribution in [3.63, 3.8) is 0 Å². The highest BCUT2D eigenvalue weighted by molar-refractivity contribution is 7.99. The Hall–Kier alpha value is -3.48. The van der Waals surface area contributed by atoms with Crippen molar-refractivity contribution in [1.29, 1.82) is 0 Å². The average Bonchev–Trinajstić information content (AvgIpc) is 3.20. The van der Waals surface area contributed by atoms with E-state index in [1.54, 1.807) is 36.0 Å². The van der Waals surface area contributed by atoms with E-state index in [1.165, 1.54) is 0 Å². The number of amides is 1. The summed E-state index contributed by atoms with van der Waals surface area (Å²) in [6.07, 6.45) is 0. The molecule has 0 aliphatic rings. The van der Waals surface area contributed by atoms with Crippen molar-refractivity contribution in [2.24, 2.45) is 0 Å². The molecule has 5 rings (SSSR count). The summed E-state index contributed by atoms with van der Waals surface area (Å²) in [5.74, 6) is 0.194. The number of hydrogen-bond acceptors (Lipinski definition) is 4. The fraction of sp³-hybridized carbons (Fsp3) is 0.0769. The summed E-state index contributed by atoms with van der Waals surface area (Å²) in [6, 6.07) is 24.5. The van der Waals surface area contributed by atoms with Crippen LogP contribution in [0.15, 0.2) is 93.0 Å². The highest BCUT2D eigenvalue weighted by Gasteiger charge is 2.15. The van der Waals surface area contributed by atoms with E-state index in [0.717, 1.165) is 27.1 Å². The maximum atomic E-state index is 12.6. The van der Waals surface area contributed by atoms with Crippen molar-refractivity contribution in [3.8, 4) is 11.3 Å². The summed E-state index contributed by atoms with van der Waals surface area (Å²) in [6.45, 7) is 0.398. The second kappa shape index (κ2) is 9.17. The lowest BCUT2D eigenvalue weighted by Gasteiger charge is -2.07. The van der Waals surface area contributed by atoms with E-state index in [9.17, 15) is 9.59 Å². The third-order valence-electron chi connectivity index (χ3n) is 5.31. The first-order chi connectivity index (χ1) is 16.1. The molecule has 0 aliphatic carbocycles. The van der Waals surface area contributed by atoms with Gasteiger partial charge in [0, 0.05) is 38.5 Å². The Morgan fingerprint density at radius 3 is 2.61 bits per heavy atom. The van der Waals surface area contributed by atoms with Crippen LogP contribution in [0.25, 0.3) is 33.1 Å². The number of hydrogen-bond donors (Lipinski definition) is 2. The van der Waals surface area contributed by atoms with E-state index in [-0.39, 0.29) is 5.56 Å². The zero-order valence-electron chi connectivity index (χ0n) is 17.4. The monoisotopic (exact) mass is 474 g/mol. The molecule has 2 heterocycles. The van der Waals surface area contributed by atoms with Crippen molar-refractivity contribution in [3.05, 3.63) is 99.9 Å². The number of para-hydroxylation sites is 2. The number of carbonyl (C=O) groups is 1. The van der Waals surface area contributed by atoms with Gasteiger partial charge in [0.25, 0.3) is 5.91 Å². The SMILES string of the molecule is O=C(NCCSc1c(-c2ccc(Cl)cc2)[nH]c2ccccc12)c1cc2ccccc2oc1=O. The second-order valence-corrected chi connectivity index (χ2v) is 9.01. The zero-order valence-corrected chi connectivity index (χ0v) is 19.0. The molecule has 0 radical (unpaired) electrons. The first-order valence-electron chi connectivity index (χ1n) is 10.4. The number of rotatable bonds is 6. The molecule has 2 N–H and O–H groups in total. The lowest BCUT2D eigenvalue weighted by Crippen LogP contribution is -2.29. The number of aromatic amines is 1. The van der Waals surface area contributed by atoms with Crippen LogP contribution in [0.4, 0.5) is 0 Å². The highest BCUT2D eigenvalue weighted by Crippen LogP contribution is 2.37. The number of nitrogens with one attached hydrogen (secondary N) is 2. The highest BCUT2D eigenvalue weighted by atomic mass is 35.5. The molecule has 33 heavy (non-hydrogen) atoms. The fourth-order valence-electron chi connectivity index (χ4n) is 3.72. The van der Waals surface area contributed by atoms with Crippen LogP contribution in [-0.4, -0.2) is 23.2 Å². The summed E-state index contributed by atoms with van der Waals surface area (Å²) < 4.78 is 5.27. The fourth-order valence-corrected chi connectivity index (χ4v) is 4.90. The molecule has 0 fully saturated rings. The summed E-state index contributed by atoms with van der Waals surface area (Å²) in [5.41, 5.74) is 2.93. The average molecular weight is 475 g/mol. The Labute approximate surface area is 198 Å². The molecule has 0 unspecified atom stereocenters. The maximum absolute atomic E-state index is 12.6. The third kappa shape index (κ3) is 4.40. The van der Waals surface area contributed by atoms with Gasteiger partial charge in [-0.15, -0.1) is 11.8 Å². The van der Waals surface area contributed by atoms with Crippen LogP contribution >= 0.6 is 23.4 Å². The summed E-state index contributed by atoms with van der Waals surface area (Å²) in [5, 5.41) is 5.35. The van der Waals surface area contributed by atoms with Gasteiger partial charge in [-0.1, -0.05) is 60.1 Å². The lowest BCUT2D eigenvalue weighted by atomic mass is 10.1. The molecular formula is C26H19ClN2O3S. The van der Waals surface area contributed by atoms with Gasteiger partial charge in [-0.2, -0.15) is 0 Å². The van der Waals surface area contributed by atoms with Gasteiger partial charge in [0.15, 0.2) is 0 Å². The number of H-pyrrole nitrogens is 1. The lowest BCUT2D eigenvalue weighted by molar-refractivity contribution is 0.0952. The number of aromatic nitrogens is 1. The Bertz CT molecular complexity index is 1520. The molecule has 0 aliphatic heterocycles. The van der Waals surface area contributed by atoms with E-state index < -0.39 is 11.5 Å². The number of benzene rings is 3. The van der Waals surface area contributed by atoms with Crippen LogP contribution in [0.3, 0.4) is 0 Å². The molecule has 5 nitrogen and oxygen atoms in total. The van der Waals surface area contributed by atoms with Gasteiger partial charge in [0.1, 0.15) is 11.1 Å². The number of halogens is 1. The molecule has 1 amide bonds. The van der Waals surface area contributed by atoms with Crippen LogP contribution in [0, 0.1) is 0 Å². The van der Waals surface area contributed by atoms with Crippen LogP contribution in [0.1, 0.15) is 10.4 Å². The molecule has 2 aromatic heterocycles. The molecule has 0 saturated carbocycles. The molecule has 0 spiro atoms. The molecular weight excluding hydrogens is 456 g/mol. The maximum Gasteiger partial charge on any atom is 0.349 e. The van der Waals surface area contributed by atoms with Crippen molar-refractivity contribution >= 4 is 51.1 Å². The summed E-state index contributed by atoms with van der Waals surface area (Å²) in [7, 11) is 0. The molecule has 0 bridgehead atoms. The number of thioether (sulfide) groups is 1. The normalized spacial score (nSPS) is 11.2. The van der Waals surface area contributed by atoms with Crippen LogP contribution < -0.4 is 10.9 Å². The zero-order chi connectivity index (χ0) is 22.8. The van der Waals surface area contributed by atoms with Gasteiger partial charge >= 0.3 is 5.63 Å². The van der Waals surface area contributed by atoms with Crippen LogP contribution in [0.5, 0.6) is 0 Å². The van der Waals surface area contributed by atoms with Crippen molar-refractivity contribution in [2.75, 3.05) is 12.3 Å². The predicted molar refractivity (Wildman–Crippen MR) is 134 cm³/mol. The quantitative estimate of drug-likeness (QED) is 0.177. The molecule has 3 aromatic carbocycles. The Morgan fingerprint density at radius 2 is 1.76 bits per heavy atom. The number of carbonyl (C=O) groups excluding carboxylic acids is 1. The van der Waals surface area contributed by atoms with Gasteiger partial charge in [-0.05, 0) is 35.9 Å². The van der Waals surface area contributed by atoms with Gasteiger partial charge in [-0.25, -0.2) is 4.79 Å². The summed E-state index contributed by atoms with van der Waals surface area (Å²) >= 11 is 7.70. The molecule has 0 saturated heterocycles. The van der Waals surface area contributed by atoms with Gasteiger partial charge < -0.3 is 14.7 Å². The standard InChI is InChI=1S/C26H19ClN2O3S/c27-18-11-9-16(10-12-18)23-24(19-6-2-3-7-21(19)29-23)33-14-13-28-25(30)20-15-17-5-1-4-8-22(17)32-26(20)31/h1-12,15,29H,13-14H2,(H,28,30). The predicted octanol–water partition coefficient (Wildman–Crippen LogP) is 6.12. The second-order valence-electron chi connectivity index (χ2n) is 7.47. The van der Waals surface area contributed by atoms with Crippen LogP contribution in [-0.2, 0) is 0 Å². The van der Waals surface area contributed by atoms with Gasteiger partial charge in [0.2, 0.25) is 0 Å². The molecule has 164 valence electrons. The van der Waals surface area contributed by atoms with E-state index in [0.29, 0.717) is 28.3 Å². The summed E-state index contributed by atoms with van der Waals surface area (Å²) in [4.78, 5) is 29.4. The minimum absolute atomic E-state index is 0.00708. The largest absolute Gasteiger partial charge is 0.422 e. The van der Waals surface area contributed by atoms with Gasteiger partial charge in [0.05, 0.1) is 5.69 Å². The van der Waals surface area contributed by atoms with Gasteiger partial charge in [-0.3, -0.25) is 4.79 Å². The molecule has 5 aromatic rings. The molecule has 7 heteroatoms. The Kier molecular flexibility index (Phi) is 5.94. The Morgan fingerprint density at radius 1 is 1.00 bits per heavy atom. The van der Waals surface area contributed by atoms with E-state index >= 15 is 0 Å². The van der Waals surface area contributed by atoms with E-state index in [4.69, 9.17) is 16.0 Å². The van der Waals surface area contributed by atoms with Crippen LogP contribution in [0.2, 0.25) is 5.02 Å². The Balaban J connectivity index is 1.32. The number of fused-ring (bicyclic) bond motifs is 2. The smallest absolute Gasteiger partial charge is 0.349 e. The first kappa shape index (κ1) is 21.4.